The Morgan fingerprint density at radius 3 is 2.49 bits per heavy atom. The third-order valence-electron chi connectivity index (χ3n) is 7.42. The van der Waals surface area contributed by atoms with Gasteiger partial charge in [0.2, 0.25) is 5.95 Å². The number of hydrogen-bond donors (Lipinski definition) is 3. The van der Waals surface area contributed by atoms with Crippen LogP contribution in [0.25, 0.3) is 10.2 Å². The Bertz CT molecular complexity index is 1450. The van der Waals surface area contributed by atoms with E-state index in [0.29, 0.717) is 12.0 Å². The first-order valence-corrected chi connectivity index (χ1v) is 14.2. The van der Waals surface area contributed by atoms with Crippen molar-refractivity contribution in [1.82, 2.24) is 14.9 Å². The number of aliphatic hydroxyl groups is 1. The fourth-order valence-corrected chi connectivity index (χ4v) is 6.03. The smallest absolute Gasteiger partial charge is 0.230 e. The van der Waals surface area contributed by atoms with E-state index in [4.69, 9.17) is 14.7 Å². The molecule has 3 heterocycles. The molecule has 0 amide bonds. The summed E-state index contributed by atoms with van der Waals surface area (Å²) >= 11 is 1.60. The summed E-state index contributed by atoms with van der Waals surface area (Å²) in [6.45, 7) is 7.65. The summed E-state index contributed by atoms with van der Waals surface area (Å²) in [6, 6.07) is 14.6. The second-order valence-corrected chi connectivity index (χ2v) is 11.8. The molecule has 0 aliphatic carbocycles. The highest BCUT2D eigenvalue weighted by molar-refractivity contribution is 7.17. The fraction of sp³-hybridized carbons (Fsp3) is 0.400. The molecule has 1 fully saturated rings. The second kappa shape index (κ2) is 11.0. The molecule has 0 radical (unpaired) electrons. The quantitative estimate of drug-likeness (QED) is 0.239. The molecule has 2 aromatic carbocycles. The zero-order valence-corrected chi connectivity index (χ0v) is 24.4. The zero-order chi connectivity index (χ0) is 27.7. The largest absolute Gasteiger partial charge is 0.495 e. The highest BCUT2D eigenvalue weighted by Crippen LogP contribution is 2.36. The topological polar surface area (TPSA) is 85.8 Å². The summed E-state index contributed by atoms with van der Waals surface area (Å²) in [6.07, 6.45) is 2.28. The van der Waals surface area contributed by atoms with Crippen LogP contribution in [0.2, 0.25) is 0 Å². The van der Waals surface area contributed by atoms with E-state index in [9.17, 15) is 5.11 Å². The summed E-state index contributed by atoms with van der Waals surface area (Å²) in [4.78, 5) is 15.3. The lowest BCUT2D eigenvalue weighted by molar-refractivity contribution is 0.0786. The van der Waals surface area contributed by atoms with Gasteiger partial charge in [-0.05, 0) is 88.5 Å². The van der Waals surface area contributed by atoms with Crippen LogP contribution in [0.4, 0.5) is 28.8 Å². The van der Waals surface area contributed by atoms with Crippen LogP contribution < -0.4 is 20.3 Å². The molecule has 4 aromatic rings. The van der Waals surface area contributed by atoms with E-state index in [-0.39, 0.29) is 0 Å². The molecule has 3 N–H and O–H groups in total. The molecule has 0 unspecified atom stereocenters. The van der Waals surface area contributed by atoms with Gasteiger partial charge in [-0.2, -0.15) is 4.98 Å². The number of nitrogens with one attached hydrogen (secondary N) is 2. The maximum atomic E-state index is 10.5. The van der Waals surface area contributed by atoms with Gasteiger partial charge in [0.05, 0.1) is 23.8 Å². The highest BCUT2D eigenvalue weighted by atomic mass is 32.1. The van der Waals surface area contributed by atoms with Gasteiger partial charge < -0.3 is 30.3 Å². The highest BCUT2D eigenvalue weighted by Gasteiger charge is 2.23. The molecular formula is C30H38N6O2S. The van der Waals surface area contributed by atoms with E-state index in [2.05, 4.69) is 59.0 Å². The Morgan fingerprint density at radius 2 is 1.79 bits per heavy atom. The molecule has 8 nitrogen and oxygen atoms in total. The van der Waals surface area contributed by atoms with Gasteiger partial charge >= 0.3 is 0 Å². The summed E-state index contributed by atoms with van der Waals surface area (Å²) in [5, 5.41) is 20.4. The Kier molecular flexibility index (Phi) is 7.66. The van der Waals surface area contributed by atoms with Gasteiger partial charge in [-0.15, -0.1) is 11.3 Å². The molecule has 1 aliphatic rings. The number of benzene rings is 2. The van der Waals surface area contributed by atoms with Gasteiger partial charge in [0.25, 0.3) is 0 Å². The Labute approximate surface area is 234 Å². The molecule has 1 saturated heterocycles. The molecular weight excluding hydrogens is 508 g/mol. The van der Waals surface area contributed by atoms with E-state index in [0.717, 1.165) is 75.9 Å². The van der Waals surface area contributed by atoms with Crippen molar-refractivity contribution in [3.05, 3.63) is 59.0 Å². The number of thiophene rings is 1. The van der Waals surface area contributed by atoms with Gasteiger partial charge in [-0.1, -0.05) is 12.1 Å². The van der Waals surface area contributed by atoms with Gasteiger partial charge in [0.15, 0.2) is 0 Å². The van der Waals surface area contributed by atoms with Gasteiger partial charge in [0, 0.05) is 36.6 Å². The Hall–Kier alpha value is -3.40. The van der Waals surface area contributed by atoms with Gasteiger partial charge in [-0.3, -0.25) is 0 Å². The average molecular weight is 547 g/mol. The molecule has 39 heavy (non-hydrogen) atoms. The number of nitrogens with zero attached hydrogens (tertiary/aromatic N) is 4. The maximum absolute atomic E-state index is 10.5. The van der Waals surface area contributed by atoms with Crippen molar-refractivity contribution in [2.24, 2.45) is 0 Å². The van der Waals surface area contributed by atoms with Crippen LogP contribution in [0.3, 0.4) is 0 Å². The minimum absolute atomic E-state index is 0.507. The summed E-state index contributed by atoms with van der Waals surface area (Å²) in [5.41, 5.74) is 3.84. The van der Waals surface area contributed by atoms with Crippen LogP contribution in [-0.4, -0.2) is 60.3 Å². The van der Waals surface area contributed by atoms with E-state index >= 15 is 0 Å². The molecule has 0 atom stereocenters. The zero-order valence-electron chi connectivity index (χ0n) is 23.6. The number of fused-ring (bicyclic) bond motifs is 1. The number of rotatable bonds is 8. The fourth-order valence-electron chi connectivity index (χ4n) is 5.11. The lowest BCUT2D eigenvalue weighted by Gasteiger charge is -2.37. The molecule has 5 rings (SSSR count). The standard InChI is InChI=1S/C30H38N6O2S/c1-19-18-39-28-26(19)27(31-21-9-7-8-20(16-21)30(2,3)37)33-29(34-28)32-22-10-11-24(25(17-22)38-6)36-14-12-23(13-15-36)35(4)5/h7-11,16-18,23,37H,12-15H2,1-6H3,(H2,31,32,33,34). The molecule has 2 aromatic heterocycles. The molecule has 1 aliphatic heterocycles. The van der Waals surface area contributed by atoms with Crippen molar-refractivity contribution in [2.75, 3.05) is 49.8 Å². The molecule has 0 saturated carbocycles. The Morgan fingerprint density at radius 1 is 1.05 bits per heavy atom. The third kappa shape index (κ3) is 5.95. The van der Waals surface area contributed by atoms with Crippen LogP contribution in [0.1, 0.15) is 37.8 Å². The van der Waals surface area contributed by atoms with Crippen molar-refractivity contribution < 1.29 is 9.84 Å². The van der Waals surface area contributed by atoms with Crippen LogP contribution >= 0.6 is 11.3 Å². The SMILES string of the molecule is COc1cc(Nc2nc(Nc3cccc(C(C)(C)O)c3)c3c(C)csc3n2)ccc1N1CCC(N(C)C)CC1. The number of piperidine rings is 1. The van der Waals surface area contributed by atoms with E-state index in [1.807, 2.05) is 30.3 Å². The van der Waals surface area contributed by atoms with Crippen molar-refractivity contribution in [2.45, 2.75) is 45.3 Å². The number of aryl methyl sites for hydroxylation is 1. The normalized spacial score (nSPS) is 14.7. The number of aromatic nitrogens is 2. The number of hydrogen-bond acceptors (Lipinski definition) is 9. The van der Waals surface area contributed by atoms with Gasteiger partial charge in [0.1, 0.15) is 16.4 Å². The minimum Gasteiger partial charge on any atom is -0.495 e. The third-order valence-corrected chi connectivity index (χ3v) is 8.41. The predicted molar refractivity (Wildman–Crippen MR) is 162 cm³/mol. The van der Waals surface area contributed by atoms with Crippen LogP contribution in [0.5, 0.6) is 5.75 Å². The monoisotopic (exact) mass is 546 g/mol. The summed E-state index contributed by atoms with van der Waals surface area (Å²) < 4.78 is 5.80. The molecule has 0 spiro atoms. The van der Waals surface area contributed by atoms with E-state index in [1.54, 1.807) is 32.3 Å². The first kappa shape index (κ1) is 27.2. The second-order valence-electron chi connectivity index (χ2n) is 11.0. The van der Waals surface area contributed by atoms with Crippen molar-refractivity contribution in [3.8, 4) is 5.75 Å². The van der Waals surface area contributed by atoms with Crippen molar-refractivity contribution in [3.63, 3.8) is 0 Å². The maximum Gasteiger partial charge on any atom is 0.230 e. The van der Waals surface area contributed by atoms with Gasteiger partial charge in [-0.25, -0.2) is 4.98 Å². The lowest BCUT2D eigenvalue weighted by Crippen LogP contribution is -2.42. The first-order chi connectivity index (χ1) is 18.6. The van der Waals surface area contributed by atoms with Crippen molar-refractivity contribution >= 4 is 50.4 Å². The molecule has 0 bridgehead atoms. The number of anilines is 5. The molecule has 206 valence electrons. The number of methoxy groups -OCH3 is 1. The summed E-state index contributed by atoms with van der Waals surface area (Å²) in [7, 11) is 6.04. The van der Waals surface area contributed by atoms with Crippen molar-refractivity contribution in [1.29, 1.82) is 0 Å². The van der Waals surface area contributed by atoms with E-state index in [1.165, 1.54) is 0 Å². The molecule has 9 heteroatoms. The average Bonchev–Trinajstić information content (AvgIpc) is 3.29. The summed E-state index contributed by atoms with van der Waals surface area (Å²) in [5.74, 6) is 2.06. The van der Waals surface area contributed by atoms with E-state index < -0.39 is 5.60 Å². The van der Waals surface area contributed by atoms with Crippen LogP contribution in [0, 0.1) is 6.92 Å². The Balaban J connectivity index is 1.41. The predicted octanol–water partition coefficient (Wildman–Crippen LogP) is 6.25. The number of ether oxygens (including phenoxy) is 1. The lowest BCUT2D eigenvalue weighted by atomic mass is 9.98. The van der Waals surface area contributed by atoms with Crippen LogP contribution in [-0.2, 0) is 5.60 Å². The first-order valence-electron chi connectivity index (χ1n) is 13.3. The van der Waals surface area contributed by atoms with Crippen LogP contribution in [0.15, 0.2) is 47.8 Å². The minimum atomic E-state index is -0.933.